The number of piperazine rings is 1. The highest BCUT2D eigenvalue weighted by atomic mass is 16.1. The smallest absolute Gasteiger partial charge is 0.232 e. The number of nitrogens with zero attached hydrogens (tertiary/aromatic N) is 5. The Morgan fingerprint density at radius 2 is 1.61 bits per heavy atom. The molecule has 1 saturated heterocycles. The molecule has 1 amide bonds. The van der Waals surface area contributed by atoms with Crippen LogP contribution in [0.5, 0.6) is 0 Å². The maximum atomic E-state index is 13.6. The first-order valence-corrected chi connectivity index (χ1v) is 13.7. The van der Waals surface area contributed by atoms with Gasteiger partial charge in [-0.3, -0.25) is 4.79 Å². The van der Waals surface area contributed by atoms with E-state index < -0.39 is 0 Å². The minimum absolute atomic E-state index is 0.0879. The predicted octanol–water partition coefficient (Wildman–Crippen LogP) is 5.57. The van der Waals surface area contributed by atoms with Gasteiger partial charge in [-0.25, -0.2) is 15.0 Å². The van der Waals surface area contributed by atoms with Crippen LogP contribution in [-0.2, 0) is 4.79 Å². The van der Waals surface area contributed by atoms with Gasteiger partial charge in [0.2, 0.25) is 11.9 Å². The zero-order valence-corrected chi connectivity index (χ0v) is 21.9. The molecule has 7 heteroatoms. The molecule has 2 fully saturated rings. The highest BCUT2D eigenvalue weighted by Gasteiger charge is 2.32. The van der Waals surface area contributed by atoms with Crippen molar-refractivity contribution in [2.24, 2.45) is 5.92 Å². The summed E-state index contributed by atoms with van der Waals surface area (Å²) < 4.78 is 0. The van der Waals surface area contributed by atoms with E-state index in [1.165, 1.54) is 12.8 Å². The number of nitrogens with one attached hydrogen (secondary N) is 1. The lowest BCUT2D eigenvalue weighted by atomic mass is 9.84. The van der Waals surface area contributed by atoms with Gasteiger partial charge in [-0.1, -0.05) is 43.2 Å². The second kappa shape index (κ2) is 10.8. The van der Waals surface area contributed by atoms with Crippen molar-refractivity contribution in [3.05, 3.63) is 84.2 Å². The molecule has 6 rings (SSSR count). The molecule has 3 heterocycles. The van der Waals surface area contributed by atoms with Crippen LogP contribution in [0.2, 0.25) is 0 Å². The number of aromatic nitrogens is 3. The van der Waals surface area contributed by atoms with Crippen molar-refractivity contribution in [3.8, 4) is 0 Å². The van der Waals surface area contributed by atoms with Gasteiger partial charge in [-0.05, 0) is 67.1 Å². The molecule has 4 aromatic rings. The molecule has 1 aliphatic heterocycles. The summed E-state index contributed by atoms with van der Waals surface area (Å²) in [5.41, 5.74) is 4.04. The molecular weight excluding hydrogens is 472 g/mol. The topological polar surface area (TPSA) is 74.2 Å². The van der Waals surface area contributed by atoms with E-state index >= 15 is 0 Å². The molecule has 1 N–H and O–H groups in total. The molecule has 7 nitrogen and oxygen atoms in total. The van der Waals surface area contributed by atoms with Gasteiger partial charge in [0, 0.05) is 49.6 Å². The van der Waals surface area contributed by atoms with Crippen molar-refractivity contribution in [2.45, 2.75) is 38.5 Å². The van der Waals surface area contributed by atoms with Gasteiger partial charge in [0.25, 0.3) is 0 Å². The molecule has 194 valence electrons. The average Bonchev–Trinajstić information content (AvgIpc) is 3.49. The van der Waals surface area contributed by atoms with Crippen molar-refractivity contribution >= 4 is 34.3 Å². The Bertz CT molecular complexity index is 1400. The van der Waals surface area contributed by atoms with Gasteiger partial charge in [-0.2, -0.15) is 0 Å². The fourth-order valence-electron chi connectivity index (χ4n) is 6.02. The van der Waals surface area contributed by atoms with Gasteiger partial charge in [0.1, 0.15) is 5.82 Å². The third-order valence-corrected chi connectivity index (χ3v) is 8.02. The van der Waals surface area contributed by atoms with Crippen LogP contribution in [0.4, 0.5) is 17.5 Å². The molecular formula is C31H34N6O. The first kappa shape index (κ1) is 24.3. The van der Waals surface area contributed by atoms with E-state index in [2.05, 4.69) is 56.3 Å². The Balaban J connectivity index is 1.18. The van der Waals surface area contributed by atoms with Gasteiger partial charge in [0.05, 0.1) is 11.4 Å². The molecule has 0 spiro atoms. The molecule has 2 aliphatic rings. The van der Waals surface area contributed by atoms with E-state index in [9.17, 15) is 4.79 Å². The van der Waals surface area contributed by atoms with Crippen LogP contribution in [0.1, 0.15) is 42.7 Å². The molecule has 1 aliphatic carbocycles. The average molecular weight is 507 g/mol. The summed E-state index contributed by atoms with van der Waals surface area (Å²) in [6, 6.07) is 20.3. The second-order valence-electron chi connectivity index (χ2n) is 10.5. The normalized spacial score (nSPS) is 17.1. The summed E-state index contributed by atoms with van der Waals surface area (Å²) in [5.74, 6) is 2.15. The van der Waals surface area contributed by atoms with Crippen molar-refractivity contribution in [1.82, 2.24) is 15.0 Å². The monoisotopic (exact) mass is 506 g/mol. The van der Waals surface area contributed by atoms with E-state index in [4.69, 9.17) is 4.98 Å². The van der Waals surface area contributed by atoms with Gasteiger partial charge < -0.3 is 15.1 Å². The maximum absolute atomic E-state index is 13.6. The van der Waals surface area contributed by atoms with Crippen molar-refractivity contribution < 1.29 is 4.79 Å². The van der Waals surface area contributed by atoms with Crippen LogP contribution in [0.25, 0.3) is 10.9 Å². The summed E-state index contributed by atoms with van der Waals surface area (Å²) in [5, 5.41) is 4.31. The van der Waals surface area contributed by atoms with Crippen LogP contribution in [0.15, 0.2) is 73.1 Å². The SMILES string of the molecule is Cc1cc(N2CCN(c3ncccn3)CC2)nc2ccc(NC(=O)[C@@H](c3ccccc3)C3CCCC3)cc12. The first-order chi connectivity index (χ1) is 18.7. The van der Waals surface area contributed by atoms with E-state index in [0.29, 0.717) is 5.92 Å². The fraction of sp³-hybridized carbons (Fsp3) is 0.355. The van der Waals surface area contributed by atoms with Crippen molar-refractivity contribution in [2.75, 3.05) is 41.3 Å². The minimum atomic E-state index is -0.115. The molecule has 1 atom stereocenters. The van der Waals surface area contributed by atoms with E-state index in [1.54, 1.807) is 12.4 Å². The number of rotatable bonds is 6. The molecule has 2 aromatic heterocycles. The number of benzene rings is 2. The van der Waals surface area contributed by atoms with E-state index in [0.717, 1.165) is 78.5 Å². The highest BCUT2D eigenvalue weighted by Crippen LogP contribution is 2.38. The number of amides is 1. The van der Waals surface area contributed by atoms with Gasteiger partial charge in [-0.15, -0.1) is 0 Å². The zero-order chi connectivity index (χ0) is 25.9. The number of hydrogen-bond donors (Lipinski definition) is 1. The number of carbonyl (C=O) groups is 1. The molecule has 0 unspecified atom stereocenters. The summed E-state index contributed by atoms with van der Waals surface area (Å²) in [6.45, 7) is 5.58. The number of anilines is 3. The maximum Gasteiger partial charge on any atom is 0.232 e. The number of aryl methyl sites for hydroxylation is 1. The van der Waals surface area contributed by atoms with E-state index in [1.807, 2.05) is 36.4 Å². The number of pyridine rings is 1. The standard InChI is InChI=1S/C31H34N6O/c1-22-20-28(36-16-18-37(19-17-36)31-32-14-7-15-33-31)35-27-13-12-25(21-26(22)27)34-30(38)29(24-10-5-6-11-24)23-8-3-2-4-9-23/h2-4,7-9,12-15,20-21,24,29H,5-6,10-11,16-19H2,1H3,(H,34,38)/t29-/m0/s1. The Morgan fingerprint density at radius 3 is 2.34 bits per heavy atom. The Morgan fingerprint density at radius 1 is 0.895 bits per heavy atom. The van der Waals surface area contributed by atoms with Crippen LogP contribution in [-0.4, -0.2) is 47.0 Å². The lowest BCUT2D eigenvalue weighted by Gasteiger charge is -2.35. The van der Waals surface area contributed by atoms with Crippen LogP contribution in [0.3, 0.4) is 0 Å². The number of hydrogen-bond acceptors (Lipinski definition) is 6. The number of carbonyl (C=O) groups excluding carboxylic acids is 1. The molecule has 2 aromatic carbocycles. The third-order valence-electron chi connectivity index (χ3n) is 8.02. The van der Waals surface area contributed by atoms with Crippen LogP contribution in [0, 0.1) is 12.8 Å². The largest absolute Gasteiger partial charge is 0.353 e. The minimum Gasteiger partial charge on any atom is -0.353 e. The van der Waals surface area contributed by atoms with Crippen molar-refractivity contribution in [1.29, 1.82) is 0 Å². The first-order valence-electron chi connectivity index (χ1n) is 13.7. The third kappa shape index (κ3) is 5.05. The second-order valence-corrected chi connectivity index (χ2v) is 10.5. The molecule has 1 saturated carbocycles. The van der Waals surface area contributed by atoms with E-state index in [-0.39, 0.29) is 11.8 Å². The summed E-state index contributed by atoms with van der Waals surface area (Å²) in [7, 11) is 0. The Kier molecular flexibility index (Phi) is 6.90. The lowest BCUT2D eigenvalue weighted by molar-refractivity contribution is -0.118. The zero-order valence-electron chi connectivity index (χ0n) is 21.9. The Hall–Kier alpha value is -4.00. The van der Waals surface area contributed by atoms with Crippen LogP contribution < -0.4 is 15.1 Å². The Labute approximate surface area is 223 Å². The molecule has 0 radical (unpaired) electrons. The summed E-state index contributed by atoms with van der Waals surface area (Å²) in [4.78, 5) is 31.9. The fourth-order valence-corrected chi connectivity index (χ4v) is 6.02. The quantitative estimate of drug-likeness (QED) is 0.368. The van der Waals surface area contributed by atoms with Crippen LogP contribution >= 0.6 is 0 Å². The predicted molar refractivity (Wildman–Crippen MR) is 153 cm³/mol. The lowest BCUT2D eigenvalue weighted by Crippen LogP contribution is -2.47. The van der Waals surface area contributed by atoms with Gasteiger partial charge in [0.15, 0.2) is 0 Å². The van der Waals surface area contributed by atoms with Gasteiger partial charge >= 0.3 is 0 Å². The summed E-state index contributed by atoms with van der Waals surface area (Å²) >= 11 is 0. The summed E-state index contributed by atoms with van der Waals surface area (Å²) in [6.07, 6.45) is 8.22. The molecule has 0 bridgehead atoms. The highest BCUT2D eigenvalue weighted by molar-refractivity contribution is 5.98. The molecule has 38 heavy (non-hydrogen) atoms. The number of fused-ring (bicyclic) bond motifs is 1. The van der Waals surface area contributed by atoms with Crippen molar-refractivity contribution in [3.63, 3.8) is 0 Å².